The summed E-state index contributed by atoms with van der Waals surface area (Å²) in [4.78, 5) is 22.2. The number of rotatable bonds is 12. The number of unbranched alkanes of at least 4 members (excludes halogenated alkanes) is 4. The van der Waals surface area contributed by atoms with Gasteiger partial charge in [0.2, 0.25) is 5.91 Å². The van der Waals surface area contributed by atoms with Crippen LogP contribution in [0.4, 0.5) is 0 Å². The number of carbonyl (C=O) groups is 2. The predicted molar refractivity (Wildman–Crippen MR) is 95.8 cm³/mol. The van der Waals surface area contributed by atoms with Gasteiger partial charge < -0.3 is 14.6 Å². The SMILES string of the molecule is CCCCC(=O)NN=C[C@H]1[C@@H](CCCCCCC(=O)O)[C@@H]2O[C@H]1[C@@H]1O[C@@H]12. The standard InChI is InChI=1S/C19H30N2O5/c1-2-3-9-14(22)21-20-11-13-12(8-6-4-5-7-10-15(23)24)16-18-19(26-18)17(13)25-16/h11-13,16-19H,2-10H2,1H3,(H,21,22)(H,23,24)/t12-,13+,16+,17-,18-,19+/m1/s1. The Kier molecular flexibility index (Phi) is 6.64. The van der Waals surface area contributed by atoms with Crippen LogP contribution in [0.1, 0.15) is 64.7 Å². The molecule has 0 aromatic heterocycles. The summed E-state index contributed by atoms with van der Waals surface area (Å²) >= 11 is 0. The number of aliphatic carboxylic acids is 1. The molecule has 2 bridgehead atoms. The molecule has 1 amide bonds. The van der Waals surface area contributed by atoms with Gasteiger partial charge in [-0.15, -0.1) is 0 Å². The molecule has 0 saturated carbocycles. The highest BCUT2D eigenvalue weighted by molar-refractivity contribution is 5.77. The van der Waals surface area contributed by atoms with Crippen LogP contribution in [0.3, 0.4) is 0 Å². The molecule has 7 heteroatoms. The van der Waals surface area contributed by atoms with E-state index in [1.807, 2.05) is 6.21 Å². The Hall–Kier alpha value is -1.47. The molecule has 0 unspecified atom stereocenters. The Morgan fingerprint density at radius 3 is 2.50 bits per heavy atom. The van der Waals surface area contributed by atoms with Crippen molar-refractivity contribution in [2.24, 2.45) is 16.9 Å². The van der Waals surface area contributed by atoms with Crippen LogP contribution in [0.15, 0.2) is 5.10 Å². The molecule has 0 spiro atoms. The van der Waals surface area contributed by atoms with Crippen LogP contribution in [0.5, 0.6) is 0 Å². The van der Waals surface area contributed by atoms with Crippen LogP contribution >= 0.6 is 0 Å². The van der Waals surface area contributed by atoms with Crippen LogP contribution in [0, 0.1) is 11.8 Å². The highest BCUT2D eigenvalue weighted by Gasteiger charge is 2.68. The zero-order chi connectivity index (χ0) is 18.5. The average molecular weight is 366 g/mol. The number of nitrogens with zero attached hydrogens (tertiary/aromatic N) is 1. The fourth-order valence-corrected chi connectivity index (χ4v) is 4.27. The van der Waals surface area contributed by atoms with E-state index in [1.54, 1.807) is 0 Å². The zero-order valence-corrected chi connectivity index (χ0v) is 15.4. The van der Waals surface area contributed by atoms with Gasteiger partial charge in [0.15, 0.2) is 0 Å². The van der Waals surface area contributed by atoms with Gasteiger partial charge in [-0.2, -0.15) is 5.10 Å². The van der Waals surface area contributed by atoms with Gasteiger partial charge in [-0.25, -0.2) is 5.43 Å². The number of carboxylic acids is 1. The number of amides is 1. The second kappa shape index (κ2) is 8.95. The van der Waals surface area contributed by atoms with Crippen molar-refractivity contribution < 1.29 is 24.2 Å². The van der Waals surface area contributed by atoms with E-state index in [-0.39, 0.29) is 42.7 Å². The molecular formula is C19H30N2O5. The normalized spacial score (nSPS) is 34.2. The van der Waals surface area contributed by atoms with Crippen molar-refractivity contribution in [3.05, 3.63) is 0 Å². The largest absolute Gasteiger partial charge is 0.481 e. The molecule has 0 radical (unpaired) electrons. The number of epoxide rings is 1. The van der Waals surface area contributed by atoms with Gasteiger partial charge in [0.05, 0.1) is 12.2 Å². The van der Waals surface area contributed by atoms with E-state index in [4.69, 9.17) is 14.6 Å². The first-order valence-corrected chi connectivity index (χ1v) is 9.96. The molecule has 0 aromatic rings. The summed E-state index contributed by atoms with van der Waals surface area (Å²) in [6.45, 7) is 2.06. The lowest BCUT2D eigenvalue weighted by molar-refractivity contribution is -0.137. The van der Waals surface area contributed by atoms with Crippen LogP contribution in [-0.4, -0.2) is 47.6 Å². The van der Waals surface area contributed by atoms with Gasteiger partial charge in [-0.05, 0) is 25.2 Å². The number of nitrogens with one attached hydrogen (secondary N) is 1. The minimum atomic E-state index is -0.722. The van der Waals surface area contributed by atoms with Crippen molar-refractivity contribution in [3.8, 4) is 0 Å². The third-order valence-corrected chi connectivity index (χ3v) is 5.69. The maximum Gasteiger partial charge on any atom is 0.303 e. The van der Waals surface area contributed by atoms with E-state index in [2.05, 4.69) is 17.5 Å². The third-order valence-electron chi connectivity index (χ3n) is 5.69. The van der Waals surface area contributed by atoms with E-state index < -0.39 is 5.97 Å². The molecule has 3 fully saturated rings. The molecular weight excluding hydrogens is 336 g/mol. The van der Waals surface area contributed by atoms with Crippen LogP contribution < -0.4 is 5.43 Å². The third kappa shape index (κ3) is 4.62. The summed E-state index contributed by atoms with van der Waals surface area (Å²) in [7, 11) is 0. The lowest BCUT2D eigenvalue weighted by Gasteiger charge is -2.22. The van der Waals surface area contributed by atoms with Crippen molar-refractivity contribution in [2.75, 3.05) is 0 Å². The highest BCUT2D eigenvalue weighted by atomic mass is 16.7. The number of hydrogen-bond donors (Lipinski definition) is 2. The molecule has 3 heterocycles. The number of fused-ring (bicyclic) bond motifs is 5. The van der Waals surface area contributed by atoms with Gasteiger partial charge in [-0.3, -0.25) is 9.59 Å². The van der Waals surface area contributed by atoms with Crippen molar-refractivity contribution in [2.45, 2.75) is 89.1 Å². The molecule has 3 rings (SSSR count). The van der Waals surface area contributed by atoms with Crippen molar-refractivity contribution in [1.82, 2.24) is 5.43 Å². The lowest BCUT2D eigenvalue weighted by atomic mass is 9.77. The topological polar surface area (TPSA) is 101 Å². The maximum atomic E-state index is 11.7. The fourth-order valence-electron chi connectivity index (χ4n) is 4.27. The van der Waals surface area contributed by atoms with Gasteiger partial charge in [0.1, 0.15) is 12.2 Å². The number of hydrazone groups is 1. The first kappa shape index (κ1) is 19.3. The molecule has 3 aliphatic heterocycles. The predicted octanol–water partition coefficient (Wildman–Crippen LogP) is 2.48. The highest BCUT2D eigenvalue weighted by Crippen LogP contribution is 2.54. The van der Waals surface area contributed by atoms with Crippen molar-refractivity contribution in [3.63, 3.8) is 0 Å². The second-order valence-electron chi connectivity index (χ2n) is 7.64. The Bertz CT molecular complexity index is 538. The van der Waals surface area contributed by atoms with Crippen molar-refractivity contribution in [1.29, 1.82) is 0 Å². The molecule has 146 valence electrons. The van der Waals surface area contributed by atoms with E-state index >= 15 is 0 Å². The zero-order valence-electron chi connectivity index (χ0n) is 15.4. The Morgan fingerprint density at radius 1 is 1.00 bits per heavy atom. The maximum absolute atomic E-state index is 11.7. The summed E-state index contributed by atoms with van der Waals surface area (Å²) in [5.74, 6) is -0.197. The fraction of sp³-hybridized carbons (Fsp3) is 0.842. The van der Waals surface area contributed by atoms with Gasteiger partial charge in [0, 0.05) is 25.0 Å². The minimum Gasteiger partial charge on any atom is -0.481 e. The molecule has 3 aliphatic rings. The number of hydrogen-bond acceptors (Lipinski definition) is 5. The van der Waals surface area contributed by atoms with E-state index in [1.165, 1.54) is 0 Å². The first-order valence-electron chi connectivity index (χ1n) is 9.96. The van der Waals surface area contributed by atoms with Gasteiger partial charge in [-0.1, -0.05) is 32.6 Å². The average Bonchev–Trinajstić information content (AvgIpc) is 3.24. The summed E-state index contributed by atoms with van der Waals surface area (Å²) < 4.78 is 11.8. The molecule has 6 atom stereocenters. The molecule has 26 heavy (non-hydrogen) atoms. The van der Waals surface area contributed by atoms with Gasteiger partial charge in [0.25, 0.3) is 0 Å². The number of carboxylic acid groups (broad SMARTS) is 1. The monoisotopic (exact) mass is 366 g/mol. The minimum absolute atomic E-state index is 0.0392. The Balaban J connectivity index is 1.43. The van der Waals surface area contributed by atoms with Crippen LogP contribution in [-0.2, 0) is 19.1 Å². The van der Waals surface area contributed by atoms with Gasteiger partial charge >= 0.3 is 5.97 Å². The smallest absolute Gasteiger partial charge is 0.303 e. The van der Waals surface area contributed by atoms with Crippen LogP contribution in [0.25, 0.3) is 0 Å². The van der Waals surface area contributed by atoms with Crippen molar-refractivity contribution >= 4 is 18.1 Å². The van der Waals surface area contributed by atoms with E-state index in [0.29, 0.717) is 12.3 Å². The summed E-state index contributed by atoms with van der Waals surface area (Å²) in [5, 5.41) is 12.9. The molecule has 3 saturated heterocycles. The van der Waals surface area contributed by atoms with E-state index in [9.17, 15) is 9.59 Å². The number of ether oxygens (including phenoxy) is 2. The summed E-state index contributed by atoms with van der Waals surface area (Å²) in [6.07, 6.45) is 9.96. The molecule has 7 nitrogen and oxygen atoms in total. The summed E-state index contributed by atoms with van der Waals surface area (Å²) in [5.41, 5.74) is 2.63. The first-order chi connectivity index (χ1) is 12.6. The molecule has 0 aliphatic carbocycles. The Morgan fingerprint density at radius 2 is 1.73 bits per heavy atom. The number of carbonyl (C=O) groups excluding carboxylic acids is 1. The quantitative estimate of drug-likeness (QED) is 0.239. The Labute approximate surface area is 154 Å². The lowest BCUT2D eigenvalue weighted by Crippen LogP contribution is -2.34. The second-order valence-corrected chi connectivity index (χ2v) is 7.64. The summed E-state index contributed by atoms with van der Waals surface area (Å²) in [6, 6.07) is 0. The van der Waals surface area contributed by atoms with Crippen LogP contribution in [0.2, 0.25) is 0 Å². The molecule has 0 aromatic carbocycles. The molecule has 2 N–H and O–H groups in total. The van der Waals surface area contributed by atoms with E-state index in [0.717, 1.165) is 44.9 Å².